The summed E-state index contributed by atoms with van der Waals surface area (Å²) in [6.45, 7) is 13.7. The molecule has 0 spiro atoms. The predicted molar refractivity (Wildman–Crippen MR) is 103 cm³/mol. The Morgan fingerprint density at radius 2 is 1.20 bits per heavy atom. The highest BCUT2D eigenvalue weighted by atomic mass is 32.3. The molecular weight excluding hydrogens is 348 g/mol. The molecule has 0 rings (SSSR count). The van der Waals surface area contributed by atoms with Gasteiger partial charge in [0.15, 0.2) is 0 Å². The largest absolute Gasteiger partial charge is 0.397 e. The first-order chi connectivity index (χ1) is 11.9. The van der Waals surface area contributed by atoms with E-state index in [1.807, 2.05) is 13.8 Å². The van der Waals surface area contributed by atoms with Crippen LogP contribution in [0.1, 0.15) is 65.7 Å². The number of rotatable bonds is 12. The molecule has 156 valence electrons. The Hall–Kier alpha value is -0.510. The van der Waals surface area contributed by atoms with Crippen molar-refractivity contribution in [1.29, 1.82) is 0 Å². The van der Waals surface area contributed by atoms with Crippen molar-refractivity contribution in [2.24, 2.45) is 0 Å². The van der Waals surface area contributed by atoms with E-state index in [4.69, 9.17) is 19.5 Å². The van der Waals surface area contributed by atoms with Gasteiger partial charge in [0.2, 0.25) is 0 Å². The highest BCUT2D eigenvalue weighted by Gasteiger charge is 2.02. The van der Waals surface area contributed by atoms with Crippen LogP contribution in [-0.2, 0) is 19.3 Å². The quantitative estimate of drug-likeness (QED) is 0.267. The summed E-state index contributed by atoms with van der Waals surface area (Å²) in [5.41, 5.74) is 0. The minimum Gasteiger partial charge on any atom is -0.394 e. The minimum absolute atomic E-state index is 0.0899. The Morgan fingerprint density at radius 1 is 0.800 bits per heavy atom. The first kappa shape index (κ1) is 32.2. The molecule has 0 aliphatic rings. The van der Waals surface area contributed by atoms with E-state index in [0.29, 0.717) is 6.42 Å². The molecule has 0 aromatic carbocycles. The fourth-order valence-electron chi connectivity index (χ4n) is 1.43. The number of aliphatic hydroxyl groups excluding tert-OH is 2. The van der Waals surface area contributed by atoms with Crippen molar-refractivity contribution in [3.05, 3.63) is 13.2 Å². The normalized spacial score (nSPS) is 9.68. The van der Waals surface area contributed by atoms with Gasteiger partial charge in [-0.25, -0.2) is 4.18 Å². The molecule has 0 aromatic rings. The zero-order chi connectivity index (χ0) is 20.4. The van der Waals surface area contributed by atoms with E-state index in [0.717, 1.165) is 26.1 Å². The van der Waals surface area contributed by atoms with Gasteiger partial charge in [-0.15, -0.1) is 13.2 Å². The zero-order valence-electron chi connectivity index (χ0n) is 16.3. The topological polar surface area (TPSA) is 113 Å². The molecule has 0 amide bonds. The molecule has 0 fully saturated rings. The fourth-order valence-corrected chi connectivity index (χ4v) is 1.76. The van der Waals surface area contributed by atoms with Crippen LogP contribution in [0.5, 0.6) is 0 Å². The van der Waals surface area contributed by atoms with Gasteiger partial charge in [-0.05, 0) is 20.3 Å². The van der Waals surface area contributed by atoms with E-state index < -0.39 is 10.4 Å². The smallest absolute Gasteiger partial charge is 0.394 e. The molecule has 0 aromatic heterocycles. The van der Waals surface area contributed by atoms with Crippen molar-refractivity contribution >= 4 is 10.4 Å². The lowest BCUT2D eigenvalue weighted by atomic mass is 10.1. The molecule has 0 radical (unpaired) electrons. The van der Waals surface area contributed by atoms with Crippen LogP contribution in [0.15, 0.2) is 13.2 Å². The van der Waals surface area contributed by atoms with Crippen LogP contribution in [0.25, 0.3) is 0 Å². The van der Waals surface area contributed by atoms with Crippen LogP contribution >= 0.6 is 0 Å². The molecule has 3 N–H and O–H groups in total. The third kappa shape index (κ3) is 59.6. The summed E-state index contributed by atoms with van der Waals surface area (Å²) < 4.78 is 37.5. The molecule has 0 atom stereocenters. The van der Waals surface area contributed by atoms with Gasteiger partial charge >= 0.3 is 10.4 Å². The van der Waals surface area contributed by atoms with E-state index in [1.165, 1.54) is 25.7 Å². The summed E-state index contributed by atoms with van der Waals surface area (Å²) in [5.74, 6) is 0. The molecule has 0 saturated carbocycles. The molecule has 0 aliphatic carbocycles. The van der Waals surface area contributed by atoms with Gasteiger partial charge in [-0.3, -0.25) is 4.55 Å². The number of aliphatic hydroxyl groups is 2. The maximum Gasteiger partial charge on any atom is 0.397 e. The summed E-state index contributed by atoms with van der Waals surface area (Å²) in [6.07, 6.45) is 7.68. The summed E-state index contributed by atoms with van der Waals surface area (Å²) in [5, 5.41) is 15.2. The Bertz CT molecular complexity index is 291. The standard InChI is InChI=1S/C9H20O4S.C4H10O.C2H6O2.C2H4/c1-2-3-4-5-6-7-8-9-13-14(10,11)12;1-3-5-4-2;3-1-2-4;1-2/h2-9H2,1H3,(H,10,11,12);3-4H2,1-2H3;3-4H,1-2H2;1-2H2. The summed E-state index contributed by atoms with van der Waals surface area (Å²) in [7, 11) is -4.23. The van der Waals surface area contributed by atoms with E-state index in [-0.39, 0.29) is 19.8 Å². The first-order valence-corrected chi connectivity index (χ1v) is 10.2. The van der Waals surface area contributed by atoms with Crippen LogP contribution in [0.2, 0.25) is 0 Å². The second kappa shape index (κ2) is 31.3. The molecule has 7 nitrogen and oxygen atoms in total. The molecular formula is C17H40O7S. The Balaban J connectivity index is -0.000000165. The molecule has 0 unspecified atom stereocenters. The molecule has 0 saturated heterocycles. The second-order valence-electron chi connectivity index (χ2n) is 4.60. The van der Waals surface area contributed by atoms with Crippen molar-refractivity contribution in [3.63, 3.8) is 0 Å². The fraction of sp³-hybridized carbons (Fsp3) is 0.882. The van der Waals surface area contributed by atoms with Gasteiger partial charge in [0.25, 0.3) is 0 Å². The van der Waals surface area contributed by atoms with E-state index >= 15 is 0 Å². The van der Waals surface area contributed by atoms with Crippen LogP contribution in [0, 0.1) is 0 Å². The van der Waals surface area contributed by atoms with Crippen molar-refractivity contribution < 1.29 is 32.1 Å². The third-order valence-electron chi connectivity index (χ3n) is 2.49. The second-order valence-corrected chi connectivity index (χ2v) is 5.69. The summed E-state index contributed by atoms with van der Waals surface area (Å²) in [4.78, 5) is 0. The number of hydrogen-bond donors (Lipinski definition) is 3. The average Bonchev–Trinajstić information content (AvgIpc) is 2.59. The molecule has 0 bridgehead atoms. The van der Waals surface area contributed by atoms with Crippen LogP contribution in [-0.4, -0.2) is 56.2 Å². The Kier molecular flexibility index (Phi) is 40.3. The van der Waals surface area contributed by atoms with E-state index in [9.17, 15) is 8.42 Å². The number of ether oxygens (including phenoxy) is 1. The predicted octanol–water partition coefficient (Wildman–Crippen LogP) is 3.37. The maximum atomic E-state index is 10.1. The number of unbranched alkanes of at least 4 members (excludes halogenated alkanes) is 6. The monoisotopic (exact) mass is 388 g/mol. The van der Waals surface area contributed by atoms with Gasteiger partial charge in [0, 0.05) is 13.2 Å². The lowest BCUT2D eigenvalue weighted by Gasteiger charge is -2.00. The van der Waals surface area contributed by atoms with Crippen LogP contribution in [0.4, 0.5) is 0 Å². The van der Waals surface area contributed by atoms with Crippen molar-refractivity contribution in [2.75, 3.05) is 33.0 Å². The average molecular weight is 389 g/mol. The number of hydrogen-bond acceptors (Lipinski definition) is 6. The third-order valence-corrected chi connectivity index (χ3v) is 2.95. The summed E-state index contributed by atoms with van der Waals surface area (Å²) in [6, 6.07) is 0. The van der Waals surface area contributed by atoms with Crippen molar-refractivity contribution in [3.8, 4) is 0 Å². The van der Waals surface area contributed by atoms with Crippen LogP contribution in [0.3, 0.4) is 0 Å². The lowest BCUT2D eigenvalue weighted by molar-refractivity contribution is 0.162. The van der Waals surface area contributed by atoms with E-state index in [1.54, 1.807) is 0 Å². The Labute approximate surface area is 155 Å². The lowest BCUT2D eigenvalue weighted by Crippen LogP contribution is -2.04. The molecule has 0 heterocycles. The van der Waals surface area contributed by atoms with Crippen molar-refractivity contribution in [1.82, 2.24) is 0 Å². The minimum atomic E-state index is -4.23. The first-order valence-electron chi connectivity index (χ1n) is 8.80. The van der Waals surface area contributed by atoms with Gasteiger partial charge in [0.05, 0.1) is 19.8 Å². The maximum absolute atomic E-state index is 10.1. The Morgan fingerprint density at radius 3 is 1.48 bits per heavy atom. The summed E-state index contributed by atoms with van der Waals surface area (Å²) >= 11 is 0. The SMILES string of the molecule is C=C.CCCCCCCCCOS(=O)(=O)O.CCOCC.OCCO. The van der Waals surface area contributed by atoms with Gasteiger partial charge in [-0.1, -0.05) is 45.4 Å². The molecule has 0 aliphatic heterocycles. The van der Waals surface area contributed by atoms with Gasteiger partial charge in [0.1, 0.15) is 0 Å². The van der Waals surface area contributed by atoms with E-state index in [2.05, 4.69) is 24.3 Å². The molecule has 8 heteroatoms. The zero-order valence-corrected chi connectivity index (χ0v) is 17.1. The highest BCUT2D eigenvalue weighted by molar-refractivity contribution is 7.80. The highest BCUT2D eigenvalue weighted by Crippen LogP contribution is 2.07. The van der Waals surface area contributed by atoms with Gasteiger partial charge in [-0.2, -0.15) is 8.42 Å². The molecule has 25 heavy (non-hydrogen) atoms. The van der Waals surface area contributed by atoms with Crippen molar-refractivity contribution in [2.45, 2.75) is 65.7 Å². The van der Waals surface area contributed by atoms with Gasteiger partial charge < -0.3 is 14.9 Å². The van der Waals surface area contributed by atoms with Crippen LogP contribution < -0.4 is 0 Å².